The van der Waals surface area contributed by atoms with Crippen LogP contribution in [0.25, 0.3) is 6.08 Å². The van der Waals surface area contributed by atoms with Gasteiger partial charge in [0, 0.05) is 6.08 Å². The first kappa shape index (κ1) is 21.4. The molecule has 0 spiro atoms. The van der Waals surface area contributed by atoms with Gasteiger partial charge < -0.3 is 40.1 Å². The molecule has 0 fully saturated rings. The topological polar surface area (TPSA) is 174 Å². The highest BCUT2D eigenvalue weighted by Crippen LogP contribution is 2.26. The van der Waals surface area contributed by atoms with Crippen molar-refractivity contribution < 1.29 is 49.7 Å². The van der Waals surface area contributed by atoms with Crippen molar-refractivity contribution in [3.63, 3.8) is 0 Å². The van der Waals surface area contributed by atoms with Crippen molar-refractivity contribution in [1.82, 2.24) is 0 Å². The van der Waals surface area contributed by atoms with Crippen molar-refractivity contribution >= 4 is 18.0 Å². The first-order chi connectivity index (χ1) is 12.2. The van der Waals surface area contributed by atoms with Crippen LogP contribution in [-0.2, 0) is 14.3 Å². The fourth-order valence-electron chi connectivity index (χ4n) is 1.91. The molecule has 1 aromatic rings. The van der Waals surface area contributed by atoms with Gasteiger partial charge in [-0.1, -0.05) is 6.07 Å². The summed E-state index contributed by atoms with van der Waals surface area (Å²) in [4.78, 5) is 22.9. The van der Waals surface area contributed by atoms with E-state index in [1.165, 1.54) is 31.4 Å². The number of carboxylic acids is 1. The van der Waals surface area contributed by atoms with Crippen LogP contribution < -0.4 is 4.74 Å². The lowest BCUT2D eigenvalue weighted by Crippen LogP contribution is -2.50. The minimum Gasteiger partial charge on any atom is -0.504 e. The Morgan fingerprint density at radius 2 is 1.85 bits per heavy atom. The Morgan fingerprint density at radius 1 is 1.19 bits per heavy atom. The summed E-state index contributed by atoms with van der Waals surface area (Å²) >= 11 is 0. The number of hydrogen-bond donors (Lipinski definition) is 6. The maximum Gasteiger partial charge on any atom is 0.347 e. The molecule has 0 saturated heterocycles. The summed E-state index contributed by atoms with van der Waals surface area (Å²) in [6, 6.07) is 4.18. The average molecular weight is 372 g/mol. The minimum atomic E-state index is -2.17. The van der Waals surface area contributed by atoms with E-state index in [4.69, 9.17) is 14.9 Å². The molecule has 4 atom stereocenters. The van der Waals surface area contributed by atoms with E-state index >= 15 is 0 Å². The number of methoxy groups -OCH3 is 1. The van der Waals surface area contributed by atoms with Crippen molar-refractivity contribution in [3.05, 3.63) is 29.8 Å². The van der Waals surface area contributed by atoms with Crippen molar-refractivity contribution in [1.29, 1.82) is 0 Å². The standard InChI is InChI=1S/C16H20O10/c1-25-11-6-8(2-4-9(11)18)3-5-12(20)26-15(16(23)24)14(22)13(21)10(19)7-17/h2-6,10,13-15,17-19,21-22H,7H2,1H3,(H,23,24). The van der Waals surface area contributed by atoms with Crippen molar-refractivity contribution in [2.75, 3.05) is 13.7 Å². The molecule has 0 heterocycles. The summed E-state index contributed by atoms with van der Waals surface area (Å²) < 4.78 is 9.48. The zero-order valence-electron chi connectivity index (χ0n) is 13.7. The van der Waals surface area contributed by atoms with E-state index in [1.807, 2.05) is 0 Å². The minimum absolute atomic E-state index is 0.113. The normalized spacial score (nSPS) is 15.9. The second-order valence-electron chi connectivity index (χ2n) is 5.19. The summed E-state index contributed by atoms with van der Waals surface area (Å²) in [5.41, 5.74) is 0.430. The lowest BCUT2D eigenvalue weighted by atomic mass is 10.0. The van der Waals surface area contributed by atoms with Crippen LogP contribution in [0.1, 0.15) is 5.56 Å². The van der Waals surface area contributed by atoms with Gasteiger partial charge in [0.15, 0.2) is 11.5 Å². The summed E-state index contributed by atoms with van der Waals surface area (Å²) in [7, 11) is 1.34. The third-order valence-electron chi connectivity index (χ3n) is 3.34. The molecular formula is C16H20O10. The number of esters is 1. The highest BCUT2D eigenvalue weighted by Gasteiger charge is 2.38. The zero-order chi connectivity index (χ0) is 19.9. The number of carboxylic acid groups (broad SMARTS) is 1. The van der Waals surface area contributed by atoms with Gasteiger partial charge in [0.1, 0.15) is 18.3 Å². The quantitative estimate of drug-likeness (QED) is 0.221. The predicted molar refractivity (Wildman–Crippen MR) is 86.3 cm³/mol. The number of aliphatic hydroxyl groups is 4. The number of rotatable bonds is 9. The Hall–Kier alpha value is -2.66. The molecule has 26 heavy (non-hydrogen) atoms. The van der Waals surface area contributed by atoms with Gasteiger partial charge in [0.05, 0.1) is 13.7 Å². The number of aliphatic carboxylic acids is 1. The number of hydrogen-bond acceptors (Lipinski definition) is 9. The summed E-state index contributed by atoms with van der Waals surface area (Å²) in [5.74, 6) is -2.86. The second-order valence-corrected chi connectivity index (χ2v) is 5.19. The van der Waals surface area contributed by atoms with E-state index in [2.05, 4.69) is 4.74 Å². The van der Waals surface area contributed by atoms with Gasteiger partial charge in [0.25, 0.3) is 0 Å². The summed E-state index contributed by atoms with van der Waals surface area (Å²) in [5, 5.41) is 55.7. The third kappa shape index (κ3) is 5.70. The van der Waals surface area contributed by atoms with Crippen LogP contribution in [0.4, 0.5) is 0 Å². The Kier molecular flexibility index (Phi) is 8.00. The highest BCUT2D eigenvalue weighted by molar-refractivity contribution is 5.89. The van der Waals surface area contributed by atoms with E-state index in [0.717, 1.165) is 6.08 Å². The molecule has 0 radical (unpaired) electrons. The van der Waals surface area contributed by atoms with Gasteiger partial charge in [0.2, 0.25) is 6.10 Å². The molecule has 0 saturated carbocycles. The second kappa shape index (κ2) is 9.73. The van der Waals surface area contributed by atoms with E-state index in [1.54, 1.807) is 0 Å². The van der Waals surface area contributed by atoms with E-state index in [-0.39, 0.29) is 11.5 Å². The number of ether oxygens (including phenoxy) is 2. The number of benzene rings is 1. The zero-order valence-corrected chi connectivity index (χ0v) is 13.7. The maximum absolute atomic E-state index is 11.8. The van der Waals surface area contributed by atoms with Crippen molar-refractivity contribution in [3.8, 4) is 11.5 Å². The molecule has 0 aliphatic heterocycles. The van der Waals surface area contributed by atoms with Crippen LogP contribution in [0.3, 0.4) is 0 Å². The SMILES string of the molecule is COc1cc(C=CC(=O)OC(C(=O)O)C(O)C(O)C(O)CO)ccc1O. The molecule has 10 heteroatoms. The first-order valence-electron chi connectivity index (χ1n) is 7.34. The third-order valence-corrected chi connectivity index (χ3v) is 3.34. The van der Waals surface area contributed by atoms with Gasteiger partial charge in [-0.15, -0.1) is 0 Å². The number of aliphatic hydroxyl groups excluding tert-OH is 4. The molecule has 6 N–H and O–H groups in total. The lowest BCUT2D eigenvalue weighted by Gasteiger charge is -2.25. The summed E-state index contributed by atoms with van der Waals surface area (Å²) in [6.07, 6.45) is -6.08. The summed E-state index contributed by atoms with van der Waals surface area (Å²) in [6.45, 7) is -0.929. The Labute approximate surface area is 148 Å². The molecule has 1 rings (SSSR count). The van der Waals surface area contributed by atoms with Crippen molar-refractivity contribution in [2.24, 2.45) is 0 Å². The van der Waals surface area contributed by atoms with Crippen LogP contribution in [0, 0.1) is 0 Å². The number of carbonyl (C=O) groups is 2. The Bertz CT molecular complexity index is 656. The van der Waals surface area contributed by atoms with Crippen LogP contribution in [0.15, 0.2) is 24.3 Å². The molecule has 0 bridgehead atoms. The average Bonchev–Trinajstić information content (AvgIpc) is 2.63. The fourth-order valence-corrected chi connectivity index (χ4v) is 1.91. The molecule has 0 aliphatic rings. The number of phenolic OH excluding ortho intramolecular Hbond substituents is 1. The molecule has 0 aliphatic carbocycles. The molecular weight excluding hydrogens is 352 g/mol. The highest BCUT2D eigenvalue weighted by atomic mass is 16.6. The number of carbonyl (C=O) groups excluding carboxylic acids is 1. The van der Waals surface area contributed by atoms with Crippen LogP contribution in [0.2, 0.25) is 0 Å². The largest absolute Gasteiger partial charge is 0.504 e. The molecule has 1 aromatic carbocycles. The van der Waals surface area contributed by atoms with Gasteiger partial charge in [-0.3, -0.25) is 0 Å². The predicted octanol–water partition coefficient (Wildman–Crippen LogP) is -1.51. The molecule has 10 nitrogen and oxygen atoms in total. The fraction of sp³-hybridized carbons (Fsp3) is 0.375. The molecule has 4 unspecified atom stereocenters. The smallest absolute Gasteiger partial charge is 0.347 e. The molecule has 0 amide bonds. The number of phenols is 1. The Balaban J connectivity index is 2.83. The lowest BCUT2D eigenvalue weighted by molar-refractivity contribution is -0.179. The van der Waals surface area contributed by atoms with Gasteiger partial charge in [-0.05, 0) is 23.8 Å². The maximum atomic E-state index is 11.8. The van der Waals surface area contributed by atoms with Gasteiger partial charge in [-0.25, -0.2) is 9.59 Å². The Morgan fingerprint density at radius 3 is 2.38 bits per heavy atom. The number of aromatic hydroxyl groups is 1. The molecule has 0 aromatic heterocycles. The van der Waals surface area contributed by atoms with E-state index < -0.39 is 43.0 Å². The van der Waals surface area contributed by atoms with Crippen molar-refractivity contribution in [2.45, 2.75) is 24.4 Å². The first-order valence-corrected chi connectivity index (χ1v) is 7.34. The molecule has 144 valence electrons. The van der Waals surface area contributed by atoms with E-state index in [0.29, 0.717) is 5.56 Å². The monoisotopic (exact) mass is 372 g/mol. The van der Waals surface area contributed by atoms with Crippen LogP contribution in [-0.4, -0.2) is 80.7 Å². The van der Waals surface area contributed by atoms with Crippen LogP contribution in [0.5, 0.6) is 11.5 Å². The van der Waals surface area contributed by atoms with E-state index in [9.17, 15) is 30.0 Å². The van der Waals surface area contributed by atoms with Crippen LogP contribution >= 0.6 is 0 Å². The van der Waals surface area contributed by atoms with Gasteiger partial charge >= 0.3 is 11.9 Å². The van der Waals surface area contributed by atoms with Gasteiger partial charge in [-0.2, -0.15) is 0 Å².